The third-order valence-electron chi connectivity index (χ3n) is 11.8. The number of aromatic hydroxyl groups is 1. The van der Waals surface area contributed by atoms with Gasteiger partial charge in [0.05, 0.1) is 13.2 Å². The number of hydrogen-bond acceptors (Lipinski definition) is 9. The molecule has 2 N–H and O–H groups in total. The minimum atomic E-state index is -1.00. The number of nitrogens with one attached hydrogen (secondary N) is 1. The first kappa shape index (κ1) is 41.8. The molecule has 4 aliphatic heterocycles. The zero-order valence-corrected chi connectivity index (χ0v) is 32.1. The van der Waals surface area contributed by atoms with E-state index in [1.54, 1.807) is 12.0 Å². The Balaban J connectivity index is 0.00000580. The SMILES string of the molecule is C.COCCOC(=O)CN1CCC(C2CCN(C(=O)[C@@H](Cc3cc(C)c(O)c(C)c3)OC(=O)N3CCC(N4CCc5ccccc5NC4=O)CC3)CC2)CC1. The number of fused-ring (bicyclic) bond motifs is 1. The molecule has 6 rings (SSSR count). The molecule has 0 radical (unpaired) electrons. The largest absolute Gasteiger partial charge is 0.507 e. The second kappa shape index (κ2) is 19.5. The minimum Gasteiger partial charge on any atom is -0.507 e. The fourth-order valence-electron chi connectivity index (χ4n) is 8.70. The average Bonchev–Trinajstić information content (AvgIpc) is 3.35. The van der Waals surface area contributed by atoms with Crippen LogP contribution in [-0.2, 0) is 36.6 Å². The van der Waals surface area contributed by atoms with Crippen LogP contribution < -0.4 is 5.32 Å². The van der Waals surface area contributed by atoms with Crippen LogP contribution in [0.25, 0.3) is 0 Å². The van der Waals surface area contributed by atoms with E-state index in [9.17, 15) is 24.3 Å². The summed E-state index contributed by atoms with van der Waals surface area (Å²) in [4.78, 5) is 60.7. The number of piperidine rings is 3. The number of aryl methyl sites for hydroxylation is 2. The predicted molar refractivity (Wildman–Crippen MR) is 210 cm³/mol. The van der Waals surface area contributed by atoms with Crippen molar-refractivity contribution in [3.05, 3.63) is 58.7 Å². The van der Waals surface area contributed by atoms with Crippen LogP contribution >= 0.6 is 0 Å². The first-order chi connectivity index (χ1) is 26.1. The number of methoxy groups -OCH3 is 1. The smallest absolute Gasteiger partial charge is 0.410 e. The summed E-state index contributed by atoms with van der Waals surface area (Å²) >= 11 is 0. The number of phenols is 1. The lowest BCUT2D eigenvalue weighted by Crippen LogP contribution is -2.52. The molecule has 13 nitrogen and oxygen atoms in total. The van der Waals surface area contributed by atoms with Gasteiger partial charge in [-0.15, -0.1) is 0 Å². The summed E-state index contributed by atoms with van der Waals surface area (Å²) in [5.74, 6) is 0.845. The van der Waals surface area contributed by atoms with Crippen LogP contribution in [0.5, 0.6) is 5.75 Å². The Hall–Kier alpha value is -4.36. The molecule has 4 amide bonds. The number of carbonyl (C=O) groups excluding carboxylic acids is 4. The van der Waals surface area contributed by atoms with Crippen molar-refractivity contribution in [2.45, 2.75) is 84.8 Å². The number of carbonyl (C=O) groups is 4. The Morgan fingerprint density at radius 3 is 2.13 bits per heavy atom. The van der Waals surface area contributed by atoms with Gasteiger partial charge in [0.15, 0.2) is 6.10 Å². The molecule has 0 saturated carbocycles. The molecule has 0 aliphatic carbocycles. The van der Waals surface area contributed by atoms with Crippen LogP contribution in [0.15, 0.2) is 36.4 Å². The topological polar surface area (TPSA) is 141 Å². The number of likely N-dealkylation sites (tertiary alicyclic amines) is 3. The van der Waals surface area contributed by atoms with Gasteiger partial charge in [0.1, 0.15) is 12.4 Å². The van der Waals surface area contributed by atoms with Crippen LogP contribution in [-0.4, -0.2) is 134 Å². The van der Waals surface area contributed by atoms with Gasteiger partial charge in [-0.1, -0.05) is 37.8 Å². The van der Waals surface area contributed by atoms with Gasteiger partial charge < -0.3 is 39.3 Å². The number of urea groups is 1. The lowest BCUT2D eigenvalue weighted by molar-refractivity contribution is -0.146. The highest BCUT2D eigenvalue weighted by Crippen LogP contribution is 2.33. The number of ether oxygens (including phenoxy) is 3. The molecule has 4 heterocycles. The summed E-state index contributed by atoms with van der Waals surface area (Å²) in [5, 5.41) is 13.4. The van der Waals surface area contributed by atoms with Crippen LogP contribution in [0.1, 0.15) is 68.2 Å². The number of benzene rings is 2. The summed E-state index contributed by atoms with van der Waals surface area (Å²) in [6.45, 7) is 8.99. The fraction of sp³-hybridized carbons (Fsp3) is 0.619. The highest BCUT2D eigenvalue weighted by Gasteiger charge is 2.37. The Labute approximate surface area is 326 Å². The number of esters is 1. The highest BCUT2D eigenvalue weighted by molar-refractivity contribution is 5.91. The lowest BCUT2D eigenvalue weighted by Gasteiger charge is -2.41. The number of anilines is 1. The van der Waals surface area contributed by atoms with Gasteiger partial charge in [0.2, 0.25) is 0 Å². The zero-order valence-electron chi connectivity index (χ0n) is 32.1. The van der Waals surface area contributed by atoms with Crippen molar-refractivity contribution >= 4 is 29.7 Å². The van der Waals surface area contributed by atoms with E-state index in [0.717, 1.165) is 62.0 Å². The molecule has 0 spiro atoms. The summed E-state index contributed by atoms with van der Waals surface area (Å²) in [6, 6.07) is 11.5. The van der Waals surface area contributed by atoms with E-state index in [-0.39, 0.29) is 50.2 Å². The normalized spacial score (nSPS) is 19.5. The molecule has 3 saturated heterocycles. The Kier molecular flexibility index (Phi) is 14.8. The van der Waals surface area contributed by atoms with Gasteiger partial charge in [-0.2, -0.15) is 0 Å². The molecule has 13 heteroatoms. The van der Waals surface area contributed by atoms with Gasteiger partial charge in [0, 0.05) is 58.0 Å². The van der Waals surface area contributed by atoms with Crippen LogP contribution in [0.4, 0.5) is 15.3 Å². The van der Waals surface area contributed by atoms with Crippen LogP contribution in [0.2, 0.25) is 0 Å². The van der Waals surface area contributed by atoms with Crippen molar-refractivity contribution in [3.8, 4) is 5.75 Å². The number of para-hydroxylation sites is 1. The Morgan fingerprint density at radius 1 is 0.855 bits per heavy atom. The molecule has 1 atom stereocenters. The maximum absolute atomic E-state index is 14.2. The van der Waals surface area contributed by atoms with Crippen molar-refractivity contribution in [1.29, 1.82) is 0 Å². The van der Waals surface area contributed by atoms with Gasteiger partial charge in [-0.3, -0.25) is 14.5 Å². The Bertz CT molecular complexity index is 1610. The molecule has 55 heavy (non-hydrogen) atoms. The van der Waals surface area contributed by atoms with E-state index in [2.05, 4.69) is 10.2 Å². The fourth-order valence-corrected chi connectivity index (χ4v) is 8.70. The second-order valence-electron chi connectivity index (χ2n) is 15.4. The van der Waals surface area contributed by atoms with Crippen molar-refractivity contribution in [3.63, 3.8) is 0 Å². The number of hydrogen-bond donors (Lipinski definition) is 2. The van der Waals surface area contributed by atoms with Gasteiger partial charge in [-0.05, 0) is 112 Å². The Morgan fingerprint density at radius 2 is 1.47 bits per heavy atom. The zero-order chi connectivity index (χ0) is 38.2. The van der Waals surface area contributed by atoms with E-state index < -0.39 is 12.2 Å². The van der Waals surface area contributed by atoms with E-state index in [0.29, 0.717) is 81.7 Å². The number of phenolic OH excluding ortho intramolecular Hbond substituents is 1. The molecule has 0 bridgehead atoms. The van der Waals surface area contributed by atoms with Gasteiger partial charge in [0.25, 0.3) is 5.91 Å². The molecule has 4 aliphatic rings. The summed E-state index contributed by atoms with van der Waals surface area (Å²) in [7, 11) is 1.58. The van der Waals surface area contributed by atoms with Crippen molar-refractivity contribution in [1.82, 2.24) is 19.6 Å². The predicted octanol–water partition coefficient (Wildman–Crippen LogP) is 5.39. The molecule has 2 aromatic rings. The molecule has 2 aromatic carbocycles. The molecule has 0 unspecified atom stereocenters. The summed E-state index contributed by atoms with van der Waals surface area (Å²) < 4.78 is 16.3. The molecule has 0 aromatic heterocycles. The standard InChI is InChI=1S/C41H57N5O8.CH4/c1-28-24-30(25-29(2)38(28)48)26-36(39(49)44-17-10-32(11-18-44)31-8-15-43(16-9-31)27-37(47)53-23-22-52-3)54-41(51)45-19-13-34(14-20-45)46-21-12-33-6-4-5-7-35(33)42-40(46)50;/h4-7,24-25,31-32,34,36,48H,8-23,26-27H2,1-3H3,(H,42,50);1H4/t36-;/m1./s1. The number of nitrogens with zero attached hydrogens (tertiary/aromatic N) is 4. The van der Waals surface area contributed by atoms with E-state index in [1.165, 1.54) is 0 Å². The van der Waals surface area contributed by atoms with Gasteiger partial charge >= 0.3 is 18.1 Å². The second-order valence-corrected chi connectivity index (χ2v) is 15.4. The molecule has 302 valence electrons. The van der Waals surface area contributed by atoms with Crippen molar-refractivity contribution < 1.29 is 38.5 Å². The molecular weight excluding hydrogens is 702 g/mol. The van der Waals surface area contributed by atoms with E-state index >= 15 is 0 Å². The first-order valence-corrected chi connectivity index (χ1v) is 19.7. The number of rotatable bonds is 11. The van der Waals surface area contributed by atoms with E-state index in [4.69, 9.17) is 14.2 Å². The van der Waals surface area contributed by atoms with Crippen LogP contribution in [0.3, 0.4) is 0 Å². The lowest BCUT2D eigenvalue weighted by atomic mass is 9.78. The third kappa shape index (κ3) is 10.7. The summed E-state index contributed by atoms with van der Waals surface area (Å²) in [5.41, 5.74) is 4.20. The number of amides is 4. The maximum atomic E-state index is 14.2. The average molecular weight is 764 g/mol. The summed E-state index contributed by atoms with van der Waals surface area (Å²) in [6.07, 6.45) is 4.50. The van der Waals surface area contributed by atoms with Crippen molar-refractivity contribution in [2.24, 2.45) is 11.8 Å². The monoisotopic (exact) mass is 763 g/mol. The third-order valence-corrected chi connectivity index (χ3v) is 11.8. The quantitative estimate of drug-likeness (QED) is 0.228. The highest BCUT2D eigenvalue weighted by atomic mass is 16.6. The van der Waals surface area contributed by atoms with Crippen LogP contribution in [0, 0.1) is 25.7 Å². The molecular formula is C42H61N5O8. The first-order valence-electron chi connectivity index (χ1n) is 19.7. The minimum absolute atomic E-state index is 0. The maximum Gasteiger partial charge on any atom is 0.410 e. The molecule has 3 fully saturated rings. The van der Waals surface area contributed by atoms with E-state index in [1.807, 2.05) is 60.0 Å². The van der Waals surface area contributed by atoms with Gasteiger partial charge in [-0.25, -0.2) is 9.59 Å². The van der Waals surface area contributed by atoms with Crippen molar-refractivity contribution in [2.75, 3.05) is 78.0 Å².